The lowest BCUT2D eigenvalue weighted by Gasteiger charge is -2.32. The van der Waals surface area contributed by atoms with Gasteiger partial charge < -0.3 is 20.8 Å². The van der Waals surface area contributed by atoms with Gasteiger partial charge in [-0.05, 0) is 43.0 Å². The van der Waals surface area contributed by atoms with Gasteiger partial charge in [0.2, 0.25) is 0 Å². The Morgan fingerprint density at radius 3 is 2.45 bits per heavy atom. The van der Waals surface area contributed by atoms with E-state index in [1.54, 1.807) is 29.2 Å². The first kappa shape index (κ1) is 14.8. The van der Waals surface area contributed by atoms with Gasteiger partial charge in [-0.25, -0.2) is 0 Å². The molecule has 110 valence electrons. The molecule has 1 saturated heterocycles. The van der Waals surface area contributed by atoms with Crippen LogP contribution in [-0.2, 0) is 11.2 Å². The highest BCUT2D eigenvalue weighted by Crippen LogP contribution is 2.18. The number of carbonyl (C=O) groups excluding carboxylic acids is 1. The molecular weight excluding hydrogens is 256 g/mol. The van der Waals surface area contributed by atoms with E-state index in [-0.39, 0.29) is 18.1 Å². The number of aliphatic hydroxyl groups excluding tert-OH is 1. The van der Waals surface area contributed by atoms with Gasteiger partial charge in [0, 0.05) is 19.5 Å². The maximum Gasteiger partial charge on any atom is 0.251 e. The van der Waals surface area contributed by atoms with Crippen molar-refractivity contribution in [2.75, 3.05) is 19.6 Å². The molecule has 1 amide bonds. The molecule has 1 aromatic rings. The molecule has 5 heteroatoms. The van der Waals surface area contributed by atoms with E-state index >= 15 is 0 Å². The molecular formula is C15H22N2O3. The molecule has 5 nitrogen and oxygen atoms in total. The molecule has 1 heterocycles. The summed E-state index contributed by atoms with van der Waals surface area (Å²) in [5, 5.41) is 19.2. The van der Waals surface area contributed by atoms with Gasteiger partial charge in [0.05, 0.1) is 0 Å². The first-order chi connectivity index (χ1) is 9.60. The number of aliphatic hydroxyl groups is 1. The molecule has 0 spiro atoms. The van der Waals surface area contributed by atoms with Gasteiger partial charge in [0.15, 0.2) is 0 Å². The van der Waals surface area contributed by atoms with Crippen LogP contribution in [0.25, 0.3) is 0 Å². The Labute approximate surface area is 119 Å². The van der Waals surface area contributed by atoms with E-state index in [1.807, 2.05) is 0 Å². The lowest BCUT2D eigenvalue weighted by molar-refractivity contribution is -0.141. The van der Waals surface area contributed by atoms with Gasteiger partial charge in [-0.2, -0.15) is 0 Å². The summed E-state index contributed by atoms with van der Waals surface area (Å²) in [5.41, 5.74) is 6.46. The van der Waals surface area contributed by atoms with Crippen molar-refractivity contribution >= 4 is 5.91 Å². The van der Waals surface area contributed by atoms with E-state index in [0.29, 0.717) is 25.6 Å². The Hall–Kier alpha value is -1.59. The summed E-state index contributed by atoms with van der Waals surface area (Å²) in [6, 6.07) is 6.54. The van der Waals surface area contributed by atoms with Crippen molar-refractivity contribution in [2.45, 2.75) is 25.4 Å². The van der Waals surface area contributed by atoms with Crippen molar-refractivity contribution in [1.29, 1.82) is 0 Å². The molecule has 2 rings (SSSR count). The van der Waals surface area contributed by atoms with Crippen molar-refractivity contribution in [1.82, 2.24) is 4.90 Å². The topological polar surface area (TPSA) is 86.8 Å². The number of benzene rings is 1. The summed E-state index contributed by atoms with van der Waals surface area (Å²) in [6.45, 7) is 2.01. The molecule has 1 aliphatic rings. The maximum atomic E-state index is 12.2. The van der Waals surface area contributed by atoms with Crippen LogP contribution in [0.5, 0.6) is 5.75 Å². The third-order valence-electron chi connectivity index (χ3n) is 3.91. The first-order valence-electron chi connectivity index (χ1n) is 7.05. The zero-order valence-corrected chi connectivity index (χ0v) is 11.5. The SMILES string of the molecule is NCC1CCN(C(=O)C(O)Cc2ccc(O)cc2)CC1. The number of amides is 1. The first-order valence-corrected chi connectivity index (χ1v) is 7.05. The van der Waals surface area contributed by atoms with Gasteiger partial charge in [-0.15, -0.1) is 0 Å². The zero-order valence-electron chi connectivity index (χ0n) is 11.5. The summed E-state index contributed by atoms with van der Waals surface area (Å²) in [5.74, 6) is 0.459. The molecule has 0 radical (unpaired) electrons. The highest BCUT2D eigenvalue weighted by Gasteiger charge is 2.26. The largest absolute Gasteiger partial charge is 0.508 e. The lowest BCUT2D eigenvalue weighted by atomic mass is 9.96. The molecule has 1 aromatic carbocycles. The summed E-state index contributed by atoms with van der Waals surface area (Å²) in [4.78, 5) is 13.9. The van der Waals surface area contributed by atoms with E-state index in [2.05, 4.69) is 0 Å². The van der Waals surface area contributed by atoms with Crippen molar-refractivity contribution in [3.8, 4) is 5.75 Å². The molecule has 1 unspecified atom stereocenters. The number of aromatic hydroxyl groups is 1. The zero-order chi connectivity index (χ0) is 14.5. The second-order valence-electron chi connectivity index (χ2n) is 5.39. The van der Waals surface area contributed by atoms with Crippen LogP contribution in [0.2, 0.25) is 0 Å². The number of phenols is 1. The summed E-state index contributed by atoms with van der Waals surface area (Å²) in [7, 11) is 0. The summed E-state index contributed by atoms with van der Waals surface area (Å²) in [6.07, 6.45) is 1.08. The minimum atomic E-state index is -1.02. The van der Waals surface area contributed by atoms with Crippen molar-refractivity contribution < 1.29 is 15.0 Å². The number of hydrogen-bond donors (Lipinski definition) is 3. The third-order valence-corrected chi connectivity index (χ3v) is 3.91. The van der Waals surface area contributed by atoms with E-state index in [9.17, 15) is 15.0 Å². The fraction of sp³-hybridized carbons (Fsp3) is 0.533. The van der Waals surface area contributed by atoms with Gasteiger partial charge >= 0.3 is 0 Å². The molecule has 1 atom stereocenters. The van der Waals surface area contributed by atoms with Crippen molar-refractivity contribution in [2.24, 2.45) is 11.7 Å². The number of phenolic OH excluding ortho intramolecular Hbond substituents is 1. The number of hydrogen-bond acceptors (Lipinski definition) is 4. The quantitative estimate of drug-likeness (QED) is 0.748. The Bertz CT molecular complexity index is 439. The van der Waals surface area contributed by atoms with Crippen LogP contribution in [0.1, 0.15) is 18.4 Å². The van der Waals surface area contributed by atoms with Crippen LogP contribution in [0, 0.1) is 5.92 Å². The van der Waals surface area contributed by atoms with E-state index in [1.165, 1.54) is 0 Å². The molecule has 0 aromatic heterocycles. The maximum absolute atomic E-state index is 12.2. The van der Waals surface area contributed by atoms with Crippen molar-refractivity contribution in [3.05, 3.63) is 29.8 Å². The Balaban J connectivity index is 1.87. The number of nitrogens with two attached hydrogens (primary N) is 1. The third kappa shape index (κ3) is 3.71. The predicted octanol–water partition coefficient (Wildman–Crippen LogP) is 0.493. The fourth-order valence-corrected chi connectivity index (χ4v) is 2.54. The van der Waals surface area contributed by atoms with Crippen LogP contribution < -0.4 is 5.73 Å². The minimum Gasteiger partial charge on any atom is -0.508 e. The van der Waals surface area contributed by atoms with Gasteiger partial charge in [0.25, 0.3) is 5.91 Å². The van der Waals surface area contributed by atoms with Crippen LogP contribution in [-0.4, -0.2) is 46.8 Å². The highest BCUT2D eigenvalue weighted by molar-refractivity contribution is 5.81. The Morgan fingerprint density at radius 1 is 1.30 bits per heavy atom. The van der Waals surface area contributed by atoms with Crippen molar-refractivity contribution in [3.63, 3.8) is 0 Å². The average Bonchev–Trinajstić information content (AvgIpc) is 2.49. The highest BCUT2D eigenvalue weighted by atomic mass is 16.3. The molecule has 1 fully saturated rings. The molecule has 4 N–H and O–H groups in total. The number of nitrogens with zero attached hydrogens (tertiary/aromatic N) is 1. The van der Waals surface area contributed by atoms with Gasteiger partial charge in [-0.3, -0.25) is 4.79 Å². The smallest absolute Gasteiger partial charge is 0.251 e. The summed E-state index contributed by atoms with van der Waals surface area (Å²) < 4.78 is 0. The lowest BCUT2D eigenvalue weighted by Crippen LogP contribution is -2.45. The minimum absolute atomic E-state index is 0.179. The Kier molecular flexibility index (Phi) is 4.98. The number of piperidine rings is 1. The monoisotopic (exact) mass is 278 g/mol. The molecule has 0 saturated carbocycles. The van der Waals surface area contributed by atoms with Crippen LogP contribution in [0.4, 0.5) is 0 Å². The average molecular weight is 278 g/mol. The number of likely N-dealkylation sites (tertiary alicyclic amines) is 1. The molecule has 0 aliphatic carbocycles. The number of rotatable bonds is 4. The normalized spacial score (nSPS) is 18.0. The van der Waals surface area contributed by atoms with Crippen LogP contribution in [0.3, 0.4) is 0 Å². The standard InChI is InChI=1S/C15H22N2O3/c16-10-12-5-7-17(8-6-12)15(20)14(19)9-11-1-3-13(18)4-2-11/h1-4,12,14,18-19H,5-10,16H2. The summed E-state index contributed by atoms with van der Waals surface area (Å²) >= 11 is 0. The molecule has 1 aliphatic heterocycles. The number of carbonyl (C=O) groups is 1. The van der Waals surface area contributed by atoms with Crippen LogP contribution >= 0.6 is 0 Å². The van der Waals surface area contributed by atoms with Crippen LogP contribution in [0.15, 0.2) is 24.3 Å². The second-order valence-corrected chi connectivity index (χ2v) is 5.39. The van der Waals surface area contributed by atoms with Gasteiger partial charge in [0.1, 0.15) is 11.9 Å². The Morgan fingerprint density at radius 2 is 1.90 bits per heavy atom. The predicted molar refractivity (Wildman–Crippen MR) is 76.2 cm³/mol. The fourth-order valence-electron chi connectivity index (χ4n) is 2.54. The van der Waals surface area contributed by atoms with E-state index < -0.39 is 6.10 Å². The van der Waals surface area contributed by atoms with E-state index in [0.717, 1.165) is 18.4 Å². The van der Waals surface area contributed by atoms with Gasteiger partial charge in [-0.1, -0.05) is 12.1 Å². The second kappa shape index (κ2) is 6.72. The molecule has 0 bridgehead atoms. The van der Waals surface area contributed by atoms with E-state index in [4.69, 9.17) is 5.73 Å². The molecule has 20 heavy (non-hydrogen) atoms.